The van der Waals surface area contributed by atoms with E-state index < -0.39 is 5.60 Å². The Morgan fingerprint density at radius 2 is 2.22 bits per heavy atom. The summed E-state index contributed by atoms with van der Waals surface area (Å²) in [7, 11) is 1.56. The van der Waals surface area contributed by atoms with Crippen LogP contribution in [0.25, 0.3) is 0 Å². The number of aliphatic hydroxyl groups is 1. The Balaban J connectivity index is 2.87. The topological polar surface area (TPSA) is 81.8 Å². The lowest BCUT2D eigenvalue weighted by atomic mass is 10.0. The predicted octanol–water partition coefficient (Wildman–Crippen LogP) is 2.05. The molecule has 0 bridgehead atoms. The molecule has 1 aromatic rings. The van der Waals surface area contributed by atoms with Crippen LogP contribution in [0, 0.1) is 5.53 Å². The molecule has 100 valence electrons. The zero-order valence-corrected chi connectivity index (χ0v) is 11.2. The Labute approximate surface area is 107 Å². The number of pyridine rings is 1. The van der Waals surface area contributed by atoms with Gasteiger partial charge in [-0.3, -0.25) is 4.98 Å². The second kappa shape index (κ2) is 5.88. The van der Waals surface area contributed by atoms with Crippen molar-refractivity contribution in [1.82, 2.24) is 9.99 Å². The van der Waals surface area contributed by atoms with Crippen molar-refractivity contribution in [1.29, 1.82) is 5.53 Å². The van der Waals surface area contributed by atoms with Gasteiger partial charge in [-0.1, -0.05) is 11.3 Å². The number of ether oxygens (including phenoxy) is 1. The van der Waals surface area contributed by atoms with E-state index in [1.165, 1.54) is 5.01 Å². The van der Waals surface area contributed by atoms with Crippen molar-refractivity contribution >= 4 is 0 Å². The minimum atomic E-state index is -0.980. The summed E-state index contributed by atoms with van der Waals surface area (Å²) in [5, 5.41) is 14.8. The lowest BCUT2D eigenvalue weighted by Crippen LogP contribution is -2.29. The van der Waals surface area contributed by atoms with E-state index in [1.54, 1.807) is 33.9 Å². The fourth-order valence-electron chi connectivity index (χ4n) is 1.44. The normalized spacial score (nSPS) is 13.2. The number of nitrogens with zero attached hydrogens (tertiary/aromatic N) is 3. The first-order valence-corrected chi connectivity index (χ1v) is 5.74. The first kappa shape index (κ1) is 14.5. The zero-order chi connectivity index (χ0) is 13.8. The Morgan fingerprint density at radius 3 is 2.72 bits per heavy atom. The van der Waals surface area contributed by atoms with Gasteiger partial charge in [0.1, 0.15) is 11.8 Å². The summed E-state index contributed by atoms with van der Waals surface area (Å²) in [5.74, 6) is 0. The summed E-state index contributed by atoms with van der Waals surface area (Å²) in [6.45, 7) is 5.54. The third kappa shape index (κ3) is 3.75. The SMILES string of the molecule is COC(C)N(Cc1cccc(C(C)(C)O)n1)N=N. The molecule has 0 saturated heterocycles. The van der Waals surface area contributed by atoms with Gasteiger partial charge in [-0.2, -0.15) is 5.53 Å². The lowest BCUT2D eigenvalue weighted by Gasteiger charge is -2.23. The monoisotopic (exact) mass is 252 g/mol. The number of nitrogens with one attached hydrogen (secondary N) is 1. The van der Waals surface area contributed by atoms with Crippen LogP contribution < -0.4 is 0 Å². The average molecular weight is 252 g/mol. The van der Waals surface area contributed by atoms with Crippen molar-refractivity contribution < 1.29 is 9.84 Å². The van der Waals surface area contributed by atoms with E-state index in [1.807, 2.05) is 12.1 Å². The van der Waals surface area contributed by atoms with Gasteiger partial charge in [-0.25, -0.2) is 5.01 Å². The van der Waals surface area contributed by atoms with E-state index >= 15 is 0 Å². The number of aromatic nitrogens is 1. The van der Waals surface area contributed by atoms with Gasteiger partial charge in [0, 0.05) is 7.11 Å². The number of rotatable bonds is 6. The van der Waals surface area contributed by atoms with Crippen LogP contribution in [0.5, 0.6) is 0 Å². The molecule has 18 heavy (non-hydrogen) atoms. The molecule has 0 aliphatic carbocycles. The highest BCUT2D eigenvalue weighted by Gasteiger charge is 2.19. The highest BCUT2D eigenvalue weighted by molar-refractivity contribution is 5.15. The van der Waals surface area contributed by atoms with Crippen LogP contribution in [-0.2, 0) is 16.9 Å². The first-order valence-electron chi connectivity index (χ1n) is 5.74. The van der Waals surface area contributed by atoms with Gasteiger partial charge in [-0.15, -0.1) is 0 Å². The van der Waals surface area contributed by atoms with Crippen LogP contribution in [-0.4, -0.2) is 28.4 Å². The highest BCUT2D eigenvalue weighted by Crippen LogP contribution is 2.18. The Kier molecular flexibility index (Phi) is 4.75. The Hall–Kier alpha value is -1.53. The molecule has 1 heterocycles. The van der Waals surface area contributed by atoms with Crippen LogP contribution in [0.3, 0.4) is 0 Å². The molecule has 0 fully saturated rings. The van der Waals surface area contributed by atoms with E-state index in [0.717, 1.165) is 5.69 Å². The molecule has 1 rings (SSSR count). The molecule has 0 amide bonds. The lowest BCUT2D eigenvalue weighted by molar-refractivity contribution is -0.0307. The third-order valence-electron chi connectivity index (χ3n) is 2.65. The van der Waals surface area contributed by atoms with Gasteiger partial charge in [0.05, 0.1) is 17.9 Å². The smallest absolute Gasteiger partial charge is 0.144 e. The molecule has 6 nitrogen and oxygen atoms in total. The molecule has 1 unspecified atom stereocenters. The van der Waals surface area contributed by atoms with Crippen LogP contribution in [0.4, 0.5) is 0 Å². The minimum absolute atomic E-state index is 0.296. The van der Waals surface area contributed by atoms with Crippen molar-refractivity contribution in [3.8, 4) is 0 Å². The molecule has 2 N–H and O–H groups in total. The molecule has 0 spiro atoms. The maximum atomic E-state index is 9.90. The molecular formula is C12H20N4O2. The average Bonchev–Trinajstić information content (AvgIpc) is 2.34. The van der Waals surface area contributed by atoms with Gasteiger partial charge in [-0.05, 0) is 32.9 Å². The maximum Gasteiger partial charge on any atom is 0.144 e. The van der Waals surface area contributed by atoms with E-state index in [-0.39, 0.29) is 6.23 Å². The fourth-order valence-corrected chi connectivity index (χ4v) is 1.44. The van der Waals surface area contributed by atoms with E-state index in [0.29, 0.717) is 12.2 Å². The summed E-state index contributed by atoms with van der Waals surface area (Å²) in [6, 6.07) is 5.43. The summed E-state index contributed by atoms with van der Waals surface area (Å²) in [5.41, 5.74) is 7.46. The molecular weight excluding hydrogens is 232 g/mol. The van der Waals surface area contributed by atoms with E-state index in [2.05, 4.69) is 10.2 Å². The summed E-state index contributed by atoms with van der Waals surface area (Å²) in [6.07, 6.45) is -0.296. The van der Waals surface area contributed by atoms with Crippen LogP contribution >= 0.6 is 0 Å². The van der Waals surface area contributed by atoms with Crippen molar-refractivity contribution in [2.24, 2.45) is 5.22 Å². The number of methoxy groups -OCH3 is 1. The summed E-state index contributed by atoms with van der Waals surface area (Å²) >= 11 is 0. The summed E-state index contributed by atoms with van der Waals surface area (Å²) < 4.78 is 5.11. The van der Waals surface area contributed by atoms with Crippen LogP contribution in [0.1, 0.15) is 32.2 Å². The van der Waals surface area contributed by atoms with Gasteiger partial charge >= 0.3 is 0 Å². The number of hydrogen-bond acceptors (Lipinski definition) is 5. The largest absolute Gasteiger partial charge is 0.384 e. The number of hydrogen-bond donors (Lipinski definition) is 2. The fraction of sp³-hybridized carbons (Fsp3) is 0.583. The quantitative estimate of drug-likeness (QED) is 0.461. The Morgan fingerprint density at radius 1 is 1.56 bits per heavy atom. The highest BCUT2D eigenvalue weighted by atomic mass is 16.5. The van der Waals surface area contributed by atoms with Crippen molar-refractivity contribution in [2.75, 3.05) is 7.11 Å². The van der Waals surface area contributed by atoms with Crippen molar-refractivity contribution in [2.45, 2.75) is 39.1 Å². The van der Waals surface area contributed by atoms with Gasteiger partial charge in [0.25, 0.3) is 0 Å². The minimum Gasteiger partial charge on any atom is -0.384 e. The standard InChI is InChI=1S/C12H20N4O2/c1-9(18-4)16(15-13)8-10-6-5-7-11(14-10)12(2,3)17/h5-7,9,13,17H,8H2,1-4H3. The second-order valence-electron chi connectivity index (χ2n) is 4.61. The first-order chi connectivity index (χ1) is 8.38. The van der Waals surface area contributed by atoms with Crippen molar-refractivity contribution in [3.63, 3.8) is 0 Å². The van der Waals surface area contributed by atoms with E-state index in [9.17, 15) is 5.11 Å². The molecule has 0 aliphatic heterocycles. The molecule has 0 radical (unpaired) electrons. The molecule has 6 heteroatoms. The molecule has 0 aliphatic rings. The van der Waals surface area contributed by atoms with Gasteiger partial charge in [0.15, 0.2) is 0 Å². The van der Waals surface area contributed by atoms with Crippen LogP contribution in [0.15, 0.2) is 23.4 Å². The van der Waals surface area contributed by atoms with Gasteiger partial charge < -0.3 is 9.84 Å². The zero-order valence-electron chi connectivity index (χ0n) is 11.2. The molecule has 0 aromatic carbocycles. The molecule has 1 aromatic heterocycles. The van der Waals surface area contributed by atoms with Crippen LogP contribution in [0.2, 0.25) is 0 Å². The van der Waals surface area contributed by atoms with Crippen molar-refractivity contribution in [3.05, 3.63) is 29.6 Å². The summed E-state index contributed by atoms with van der Waals surface area (Å²) in [4.78, 5) is 4.36. The predicted molar refractivity (Wildman–Crippen MR) is 66.6 cm³/mol. The Bertz CT molecular complexity index is 403. The van der Waals surface area contributed by atoms with Gasteiger partial charge in [0.2, 0.25) is 0 Å². The molecule has 1 atom stereocenters. The maximum absolute atomic E-state index is 9.90. The van der Waals surface area contributed by atoms with E-state index in [4.69, 9.17) is 10.3 Å². The second-order valence-corrected chi connectivity index (χ2v) is 4.61. The molecule has 0 saturated carbocycles. The third-order valence-corrected chi connectivity index (χ3v) is 2.65.